The lowest BCUT2D eigenvalue weighted by Gasteiger charge is -2.41. The minimum Gasteiger partial charge on any atom is -0.348 e. The zero-order valence-electron chi connectivity index (χ0n) is 15.0. The first kappa shape index (κ1) is 17.4. The molecule has 0 bridgehead atoms. The van der Waals surface area contributed by atoms with E-state index in [1.807, 2.05) is 0 Å². The number of hydrogen-bond donors (Lipinski definition) is 0. The average molecular weight is 350 g/mol. The maximum atomic E-state index is 14.3. The Balaban J connectivity index is 1.34. The van der Waals surface area contributed by atoms with Crippen molar-refractivity contribution in [3.05, 3.63) is 34.9 Å². The van der Waals surface area contributed by atoms with E-state index in [-0.39, 0.29) is 11.7 Å². The average Bonchev–Trinajstić information content (AvgIpc) is 3.09. The van der Waals surface area contributed by atoms with Gasteiger partial charge in [0.05, 0.1) is 13.2 Å². The predicted octanol–water partition coefficient (Wildman–Crippen LogP) is 5.48. The van der Waals surface area contributed by atoms with Crippen molar-refractivity contribution in [1.29, 1.82) is 0 Å². The predicted molar refractivity (Wildman–Crippen MR) is 92.4 cm³/mol. The highest BCUT2D eigenvalue weighted by molar-refractivity contribution is 5.28. The van der Waals surface area contributed by atoms with Crippen molar-refractivity contribution < 1.29 is 18.3 Å². The molecule has 3 aliphatic rings. The molecule has 1 spiro atoms. The van der Waals surface area contributed by atoms with Crippen molar-refractivity contribution in [2.75, 3.05) is 13.2 Å². The van der Waals surface area contributed by atoms with Crippen molar-refractivity contribution >= 4 is 0 Å². The quantitative estimate of drug-likeness (QED) is 0.703. The topological polar surface area (TPSA) is 18.5 Å². The highest BCUT2D eigenvalue weighted by Crippen LogP contribution is 2.46. The lowest BCUT2D eigenvalue weighted by Crippen LogP contribution is -2.37. The number of benzene rings is 1. The van der Waals surface area contributed by atoms with Crippen LogP contribution in [0, 0.1) is 30.4 Å². The Morgan fingerprint density at radius 2 is 1.44 bits per heavy atom. The minimum atomic E-state index is -0.672. The van der Waals surface area contributed by atoms with Gasteiger partial charge < -0.3 is 9.47 Å². The van der Waals surface area contributed by atoms with Gasteiger partial charge in [0.15, 0.2) is 17.4 Å². The summed E-state index contributed by atoms with van der Waals surface area (Å²) < 4.78 is 39.8. The first-order chi connectivity index (χ1) is 12.1. The molecule has 4 rings (SSSR count). The summed E-state index contributed by atoms with van der Waals surface area (Å²) in [6.45, 7) is 3.08. The fourth-order valence-corrected chi connectivity index (χ4v) is 5.21. The van der Waals surface area contributed by atoms with Gasteiger partial charge in [-0.3, -0.25) is 0 Å². The van der Waals surface area contributed by atoms with E-state index in [1.54, 1.807) is 19.1 Å². The van der Waals surface area contributed by atoms with Crippen LogP contribution in [0.2, 0.25) is 0 Å². The third-order valence-electron chi connectivity index (χ3n) is 6.79. The van der Waals surface area contributed by atoms with Crippen molar-refractivity contribution in [1.82, 2.24) is 0 Å². The Bertz CT molecular complexity index is 607. The molecule has 2 aliphatic carbocycles. The fraction of sp³-hybridized carbons (Fsp3) is 0.714. The molecular formula is C21H28F2O2. The van der Waals surface area contributed by atoms with Gasteiger partial charge >= 0.3 is 0 Å². The van der Waals surface area contributed by atoms with Crippen LogP contribution >= 0.6 is 0 Å². The van der Waals surface area contributed by atoms with Crippen molar-refractivity contribution in [2.45, 2.75) is 70.0 Å². The van der Waals surface area contributed by atoms with Crippen LogP contribution in [0.25, 0.3) is 0 Å². The maximum Gasteiger partial charge on any atom is 0.168 e. The summed E-state index contributed by atoms with van der Waals surface area (Å²) in [5.41, 5.74) is 0.972. The summed E-state index contributed by atoms with van der Waals surface area (Å²) in [5, 5.41) is 0. The third-order valence-corrected chi connectivity index (χ3v) is 6.79. The maximum absolute atomic E-state index is 14.3. The van der Waals surface area contributed by atoms with Gasteiger partial charge in [0, 0.05) is 12.8 Å². The molecule has 0 unspecified atom stereocenters. The zero-order chi connectivity index (χ0) is 17.4. The molecule has 4 heteroatoms. The minimum absolute atomic E-state index is 0.169. The monoisotopic (exact) mass is 350 g/mol. The van der Waals surface area contributed by atoms with Crippen molar-refractivity contribution in [2.24, 2.45) is 11.8 Å². The van der Waals surface area contributed by atoms with Gasteiger partial charge in [-0.2, -0.15) is 0 Å². The van der Waals surface area contributed by atoms with E-state index in [9.17, 15) is 8.78 Å². The van der Waals surface area contributed by atoms with Crippen molar-refractivity contribution in [3.63, 3.8) is 0 Å². The molecule has 0 aromatic heterocycles. The van der Waals surface area contributed by atoms with Gasteiger partial charge in [-0.1, -0.05) is 12.1 Å². The van der Waals surface area contributed by atoms with E-state index >= 15 is 0 Å². The van der Waals surface area contributed by atoms with E-state index in [4.69, 9.17) is 9.47 Å². The number of rotatable bonds is 2. The summed E-state index contributed by atoms with van der Waals surface area (Å²) >= 11 is 0. The van der Waals surface area contributed by atoms with Crippen LogP contribution < -0.4 is 0 Å². The van der Waals surface area contributed by atoms with Gasteiger partial charge in [-0.05, 0) is 74.3 Å². The number of halogens is 2. The number of aryl methyl sites for hydroxylation is 1. The molecule has 1 saturated heterocycles. The summed E-state index contributed by atoms with van der Waals surface area (Å²) in [7, 11) is 0. The zero-order valence-corrected chi connectivity index (χ0v) is 15.0. The van der Waals surface area contributed by atoms with Crippen molar-refractivity contribution in [3.8, 4) is 0 Å². The molecule has 2 saturated carbocycles. The molecular weight excluding hydrogens is 322 g/mol. The van der Waals surface area contributed by atoms with Crippen LogP contribution in [0.1, 0.15) is 68.4 Å². The number of hydrogen-bond acceptors (Lipinski definition) is 2. The van der Waals surface area contributed by atoms with Gasteiger partial charge in [0.2, 0.25) is 0 Å². The van der Waals surface area contributed by atoms with E-state index < -0.39 is 11.6 Å². The lowest BCUT2D eigenvalue weighted by molar-refractivity contribution is -0.185. The van der Waals surface area contributed by atoms with E-state index in [2.05, 4.69) is 0 Å². The second-order valence-corrected chi connectivity index (χ2v) is 8.16. The van der Waals surface area contributed by atoms with E-state index in [0.29, 0.717) is 17.0 Å². The first-order valence-corrected chi connectivity index (χ1v) is 9.80. The standard InChI is InChI=1S/C21H28F2O2/c1-14-2-7-18(20(23)19(14)22)17-5-3-15(4-6-17)16-8-10-21(11-9-16)24-12-13-25-21/h2,7,15-17H,3-6,8-13H2,1H3. The Morgan fingerprint density at radius 1 is 0.840 bits per heavy atom. The molecule has 0 N–H and O–H groups in total. The summed E-state index contributed by atoms with van der Waals surface area (Å²) in [4.78, 5) is 0. The molecule has 0 atom stereocenters. The highest BCUT2D eigenvalue weighted by Gasteiger charge is 2.42. The van der Waals surface area contributed by atoms with E-state index in [1.165, 1.54) is 12.8 Å². The largest absolute Gasteiger partial charge is 0.348 e. The third kappa shape index (κ3) is 3.35. The van der Waals surface area contributed by atoms with Crippen LogP contribution in [0.3, 0.4) is 0 Å². The molecule has 0 amide bonds. The summed E-state index contributed by atoms with van der Waals surface area (Å²) in [6.07, 6.45) is 8.55. The van der Waals surface area contributed by atoms with Gasteiger partial charge in [0.1, 0.15) is 0 Å². The SMILES string of the molecule is Cc1ccc(C2CCC(C3CCC4(CC3)OCCO4)CC2)c(F)c1F. The molecule has 1 aromatic carbocycles. The van der Waals surface area contributed by atoms with Crippen LogP contribution in [0.5, 0.6) is 0 Å². The Kier molecular flexibility index (Phi) is 4.85. The molecule has 1 aliphatic heterocycles. The van der Waals surface area contributed by atoms with Gasteiger partial charge in [-0.15, -0.1) is 0 Å². The Morgan fingerprint density at radius 3 is 2.08 bits per heavy atom. The molecule has 1 aromatic rings. The highest BCUT2D eigenvalue weighted by atomic mass is 19.2. The Labute approximate surface area is 148 Å². The molecule has 1 heterocycles. The lowest BCUT2D eigenvalue weighted by atomic mass is 9.69. The van der Waals surface area contributed by atoms with Gasteiger partial charge in [0.25, 0.3) is 0 Å². The Hall–Kier alpha value is -1.00. The first-order valence-electron chi connectivity index (χ1n) is 9.80. The second kappa shape index (κ2) is 6.96. The van der Waals surface area contributed by atoms with Crippen LogP contribution in [0.15, 0.2) is 12.1 Å². The van der Waals surface area contributed by atoms with Crippen LogP contribution in [-0.2, 0) is 9.47 Å². The smallest absolute Gasteiger partial charge is 0.168 e. The van der Waals surface area contributed by atoms with Gasteiger partial charge in [-0.25, -0.2) is 8.78 Å². The van der Waals surface area contributed by atoms with Crippen LogP contribution in [-0.4, -0.2) is 19.0 Å². The summed E-state index contributed by atoms with van der Waals surface area (Å²) in [5.74, 6) is 0.0402. The van der Waals surface area contributed by atoms with Crippen LogP contribution in [0.4, 0.5) is 8.78 Å². The molecule has 25 heavy (non-hydrogen) atoms. The summed E-state index contributed by atoms with van der Waals surface area (Å²) in [6, 6.07) is 3.50. The second-order valence-electron chi connectivity index (χ2n) is 8.16. The van der Waals surface area contributed by atoms with E-state index in [0.717, 1.165) is 57.7 Å². The molecule has 3 fully saturated rings. The molecule has 2 nitrogen and oxygen atoms in total. The fourth-order valence-electron chi connectivity index (χ4n) is 5.21. The molecule has 138 valence electrons. The molecule has 0 radical (unpaired) electrons. The normalized spacial score (nSPS) is 30.0. The number of ether oxygens (including phenoxy) is 2.